The van der Waals surface area contributed by atoms with Crippen LogP contribution in [0, 0.1) is 17.5 Å². The molecule has 0 unspecified atom stereocenters. The van der Waals surface area contributed by atoms with Gasteiger partial charge in [-0.3, -0.25) is 4.79 Å². The molecule has 1 N–H and O–H groups in total. The molecule has 0 saturated carbocycles. The monoisotopic (exact) mass is 433 g/mol. The Kier molecular flexibility index (Phi) is 6.42. The van der Waals surface area contributed by atoms with Gasteiger partial charge in [-0.2, -0.15) is 0 Å². The third-order valence-corrected chi connectivity index (χ3v) is 5.62. The maximum Gasteiger partial charge on any atom is 0.314 e. The van der Waals surface area contributed by atoms with E-state index in [9.17, 15) is 4.79 Å². The smallest absolute Gasteiger partial charge is 0.314 e. The molecule has 0 bridgehead atoms. The van der Waals surface area contributed by atoms with Gasteiger partial charge in [0.1, 0.15) is 23.9 Å². The molecule has 4 rings (SSSR count). The van der Waals surface area contributed by atoms with Crippen molar-refractivity contribution in [1.29, 1.82) is 0 Å². The van der Waals surface area contributed by atoms with E-state index in [2.05, 4.69) is 27.1 Å². The first-order valence-corrected chi connectivity index (χ1v) is 10.7. The third kappa shape index (κ3) is 4.92. The molecule has 1 aromatic carbocycles. The Balaban J connectivity index is 1.40. The topological polar surface area (TPSA) is 86.3 Å². The van der Waals surface area contributed by atoms with Crippen LogP contribution in [0.1, 0.15) is 38.3 Å². The highest BCUT2D eigenvalue weighted by Crippen LogP contribution is 2.27. The fourth-order valence-corrected chi connectivity index (χ4v) is 3.58. The zero-order valence-corrected chi connectivity index (χ0v) is 18.6. The molecule has 3 heterocycles. The van der Waals surface area contributed by atoms with E-state index in [4.69, 9.17) is 14.2 Å². The molecular weight excluding hydrogens is 406 g/mol. The summed E-state index contributed by atoms with van der Waals surface area (Å²) in [5, 5.41) is 0. The van der Waals surface area contributed by atoms with Crippen molar-refractivity contribution in [3.8, 4) is 28.4 Å². The van der Waals surface area contributed by atoms with E-state index < -0.39 is 5.41 Å². The summed E-state index contributed by atoms with van der Waals surface area (Å²) in [4.78, 5) is 24.2. The van der Waals surface area contributed by atoms with Crippen LogP contribution in [0.15, 0.2) is 36.7 Å². The number of H-pyrrole nitrogens is 1. The lowest BCUT2D eigenvalue weighted by Gasteiger charge is -2.21. The number of hydrogen-bond donors (Lipinski definition) is 1. The van der Waals surface area contributed by atoms with Gasteiger partial charge in [-0.15, -0.1) is 0 Å². The number of ether oxygens (including phenoxy) is 3. The van der Waals surface area contributed by atoms with Gasteiger partial charge < -0.3 is 19.2 Å². The number of aromatic amines is 1. The van der Waals surface area contributed by atoms with Crippen molar-refractivity contribution in [3.63, 3.8) is 0 Å². The van der Waals surface area contributed by atoms with Gasteiger partial charge in [-0.25, -0.2) is 9.97 Å². The van der Waals surface area contributed by atoms with Gasteiger partial charge >= 0.3 is 5.97 Å². The van der Waals surface area contributed by atoms with Crippen LogP contribution in [0.25, 0.3) is 22.6 Å². The molecule has 0 radical (unpaired) electrons. The van der Waals surface area contributed by atoms with Crippen molar-refractivity contribution >= 4 is 5.97 Å². The number of rotatable bonds is 7. The number of nitrogens with zero attached hydrogens (tertiary/aromatic N) is 2. The van der Waals surface area contributed by atoms with Gasteiger partial charge in [-0.1, -0.05) is 6.07 Å². The second kappa shape index (κ2) is 9.41. The highest BCUT2D eigenvalue weighted by Gasteiger charge is 2.29. The van der Waals surface area contributed by atoms with Crippen LogP contribution < -0.4 is 4.74 Å². The van der Waals surface area contributed by atoms with Crippen molar-refractivity contribution in [2.24, 2.45) is 5.41 Å². The normalized spacial score (nSPS) is 14.6. The summed E-state index contributed by atoms with van der Waals surface area (Å²) in [5.74, 6) is 1.57. The van der Waals surface area contributed by atoms with Gasteiger partial charge in [0.2, 0.25) is 0 Å². The predicted molar refractivity (Wildman–Crippen MR) is 119 cm³/mol. The minimum atomic E-state index is -0.718. The summed E-state index contributed by atoms with van der Waals surface area (Å²) < 4.78 is 16.0. The highest BCUT2D eigenvalue weighted by atomic mass is 16.5. The van der Waals surface area contributed by atoms with Gasteiger partial charge in [-0.05, 0) is 57.0 Å². The van der Waals surface area contributed by atoms with Crippen LogP contribution in [0.4, 0.5) is 0 Å². The minimum absolute atomic E-state index is 0.227. The van der Waals surface area contributed by atoms with Crippen molar-refractivity contribution in [2.75, 3.05) is 26.9 Å². The molecule has 166 valence electrons. The molecule has 0 atom stereocenters. The zero-order chi connectivity index (χ0) is 22.6. The standard InChI is InChI=1S/C25H27N3O4/c1-25(2,24(29)30-3)16-32-20-7-4-17(5-8-20)21-9-6-19(14-26-21)23-27-15-22(28-23)18-10-12-31-13-11-18/h4-5,7-8,14-15,18H,10-13,16H2,1-3H3,(H,27,28). The van der Waals surface area contributed by atoms with E-state index in [1.54, 1.807) is 20.0 Å². The lowest BCUT2D eigenvalue weighted by atomic mass is 9.95. The fourth-order valence-electron chi connectivity index (χ4n) is 3.58. The summed E-state index contributed by atoms with van der Waals surface area (Å²) >= 11 is 0. The largest absolute Gasteiger partial charge is 0.492 e. The Hall–Kier alpha value is -3.37. The molecule has 0 spiro atoms. The highest BCUT2D eigenvalue weighted by molar-refractivity contribution is 5.75. The van der Waals surface area contributed by atoms with E-state index >= 15 is 0 Å². The summed E-state index contributed by atoms with van der Waals surface area (Å²) in [6.07, 6.45) is 5.66. The first kappa shape index (κ1) is 21.8. The fraction of sp³-hybridized carbons (Fsp3) is 0.400. The quantitative estimate of drug-likeness (QED) is 0.562. The van der Waals surface area contributed by atoms with Crippen LogP contribution >= 0.6 is 0 Å². The first-order chi connectivity index (χ1) is 15.5. The zero-order valence-electron chi connectivity index (χ0n) is 18.6. The molecule has 0 amide bonds. The maximum atomic E-state index is 11.8. The Bertz CT molecular complexity index is 1040. The van der Waals surface area contributed by atoms with Gasteiger partial charge in [0.25, 0.3) is 0 Å². The van der Waals surface area contributed by atoms with Crippen molar-refractivity contribution < 1.29 is 19.0 Å². The van der Waals surface area contributed by atoms with Gasteiger partial charge in [0, 0.05) is 42.8 Å². The van der Waals surface area contributed by atoms with Crippen molar-refractivity contribution in [3.05, 3.63) is 54.5 Å². The van der Waals surface area contributed by atoms with Crippen LogP contribution in [0.3, 0.4) is 0 Å². The number of carbonyl (C=O) groups is 1. The maximum absolute atomic E-state index is 11.8. The number of carbonyl (C=O) groups excluding carboxylic acids is 1. The van der Waals surface area contributed by atoms with E-state index in [1.807, 2.05) is 30.5 Å². The summed E-state index contributed by atoms with van der Waals surface area (Å²) in [6.45, 7) is 5.39. The Morgan fingerprint density at radius 3 is 2.56 bits per heavy atom. The summed E-state index contributed by atoms with van der Waals surface area (Å²) in [7, 11) is 1.38. The SMILES string of the molecule is COC(=O)C(C)(C)COc1ccc(-c2c#cc(-c3ncc(C4CCOCC4)[nH]3)cn2)cc1. The Labute approximate surface area is 188 Å². The van der Waals surface area contributed by atoms with Crippen LogP contribution in [0.2, 0.25) is 0 Å². The molecule has 1 aliphatic heterocycles. The molecule has 1 fully saturated rings. The molecule has 0 aliphatic carbocycles. The lowest BCUT2D eigenvalue weighted by molar-refractivity contribution is -0.152. The molecular formula is C25H27N3O4. The molecule has 2 aromatic heterocycles. The molecule has 7 nitrogen and oxygen atoms in total. The number of benzene rings is 1. The average Bonchev–Trinajstić information content (AvgIpc) is 3.34. The number of aromatic nitrogens is 3. The van der Waals surface area contributed by atoms with Gasteiger partial charge in [0.05, 0.1) is 18.1 Å². The second-order valence-electron chi connectivity index (χ2n) is 8.53. The Morgan fingerprint density at radius 1 is 1.16 bits per heavy atom. The van der Waals surface area contributed by atoms with Crippen LogP contribution in [0.5, 0.6) is 5.75 Å². The van der Waals surface area contributed by atoms with E-state index in [-0.39, 0.29) is 12.6 Å². The average molecular weight is 434 g/mol. The number of methoxy groups -OCH3 is 1. The molecule has 3 aromatic rings. The van der Waals surface area contributed by atoms with E-state index in [0.717, 1.165) is 48.7 Å². The molecule has 32 heavy (non-hydrogen) atoms. The molecule has 1 aliphatic rings. The minimum Gasteiger partial charge on any atom is -0.492 e. The summed E-state index contributed by atoms with van der Waals surface area (Å²) in [5.41, 5.74) is 2.77. The predicted octanol–water partition coefficient (Wildman–Crippen LogP) is 4.21. The Morgan fingerprint density at radius 2 is 1.91 bits per heavy atom. The third-order valence-electron chi connectivity index (χ3n) is 5.62. The number of imidazole rings is 1. The van der Waals surface area contributed by atoms with Crippen LogP contribution in [-0.4, -0.2) is 47.9 Å². The molecule has 1 saturated heterocycles. The first-order valence-electron chi connectivity index (χ1n) is 10.7. The van der Waals surface area contributed by atoms with E-state index in [0.29, 0.717) is 17.4 Å². The molecule has 7 heteroatoms. The van der Waals surface area contributed by atoms with Crippen LogP contribution in [-0.2, 0) is 14.3 Å². The number of nitrogens with one attached hydrogen (secondary N) is 1. The number of esters is 1. The van der Waals surface area contributed by atoms with Crippen molar-refractivity contribution in [1.82, 2.24) is 15.0 Å². The lowest BCUT2D eigenvalue weighted by Crippen LogP contribution is -2.32. The summed E-state index contributed by atoms with van der Waals surface area (Å²) in [6, 6.07) is 13.8. The van der Waals surface area contributed by atoms with Gasteiger partial charge in [0.15, 0.2) is 0 Å². The van der Waals surface area contributed by atoms with Crippen molar-refractivity contribution in [2.45, 2.75) is 32.6 Å². The second-order valence-corrected chi connectivity index (χ2v) is 8.53. The van der Waals surface area contributed by atoms with E-state index in [1.165, 1.54) is 7.11 Å². The number of hydrogen-bond acceptors (Lipinski definition) is 6.